The topological polar surface area (TPSA) is 84.9 Å². The number of rotatable bonds is 5. The first-order chi connectivity index (χ1) is 15.0. The maximum atomic E-state index is 13.1. The summed E-state index contributed by atoms with van der Waals surface area (Å²) in [6.07, 6.45) is 1.46. The van der Waals surface area contributed by atoms with Gasteiger partial charge in [0.1, 0.15) is 17.1 Å². The molecule has 1 fully saturated rings. The van der Waals surface area contributed by atoms with Crippen molar-refractivity contribution in [2.75, 3.05) is 14.2 Å². The van der Waals surface area contributed by atoms with Crippen molar-refractivity contribution in [3.63, 3.8) is 0 Å². The Labute approximate surface area is 178 Å². The number of nitrogens with zero attached hydrogens (tertiary/aromatic N) is 1. The molecule has 31 heavy (non-hydrogen) atoms. The number of fused-ring (bicyclic) bond motifs is 1. The van der Waals surface area contributed by atoms with E-state index < -0.39 is 17.8 Å². The second kappa shape index (κ2) is 8.31. The fourth-order valence-corrected chi connectivity index (χ4v) is 3.50. The van der Waals surface area contributed by atoms with Gasteiger partial charge in [0.15, 0.2) is 0 Å². The van der Waals surface area contributed by atoms with E-state index in [0.29, 0.717) is 17.1 Å². The SMILES string of the molecule is COc1ccc2ccc(OC)c(/C=C3\C(=O)NC(=O)N(Cc4ccccc4)C3=O)c2c1. The first-order valence-corrected chi connectivity index (χ1v) is 9.59. The molecule has 1 heterocycles. The number of barbiturate groups is 1. The van der Waals surface area contributed by atoms with Crippen LogP contribution in [0.1, 0.15) is 11.1 Å². The molecule has 0 atom stereocenters. The number of hydrogen-bond donors (Lipinski definition) is 1. The summed E-state index contributed by atoms with van der Waals surface area (Å²) >= 11 is 0. The number of carbonyl (C=O) groups is 3. The maximum absolute atomic E-state index is 13.1. The molecule has 0 saturated carbocycles. The van der Waals surface area contributed by atoms with Gasteiger partial charge < -0.3 is 9.47 Å². The first-order valence-electron chi connectivity index (χ1n) is 9.59. The van der Waals surface area contributed by atoms with Crippen molar-refractivity contribution in [3.8, 4) is 11.5 Å². The molecule has 3 aromatic carbocycles. The van der Waals surface area contributed by atoms with E-state index in [1.165, 1.54) is 13.2 Å². The minimum absolute atomic E-state index is 0.0522. The number of amides is 4. The lowest BCUT2D eigenvalue weighted by atomic mass is 9.99. The largest absolute Gasteiger partial charge is 0.497 e. The fourth-order valence-electron chi connectivity index (χ4n) is 3.50. The quantitative estimate of drug-likeness (QED) is 0.508. The zero-order valence-corrected chi connectivity index (χ0v) is 17.0. The van der Waals surface area contributed by atoms with Crippen molar-refractivity contribution in [1.82, 2.24) is 10.2 Å². The maximum Gasteiger partial charge on any atom is 0.331 e. The molecule has 0 aromatic heterocycles. The summed E-state index contributed by atoms with van der Waals surface area (Å²) < 4.78 is 10.8. The fraction of sp³-hybridized carbons (Fsp3) is 0.125. The summed E-state index contributed by atoms with van der Waals surface area (Å²) in [4.78, 5) is 39.0. The minimum Gasteiger partial charge on any atom is -0.497 e. The van der Waals surface area contributed by atoms with Gasteiger partial charge in [-0.15, -0.1) is 0 Å². The van der Waals surface area contributed by atoms with Crippen LogP contribution < -0.4 is 14.8 Å². The van der Waals surface area contributed by atoms with Crippen LogP contribution in [0.25, 0.3) is 16.8 Å². The summed E-state index contributed by atoms with van der Waals surface area (Å²) in [5, 5.41) is 3.88. The number of urea groups is 1. The number of ether oxygens (including phenoxy) is 2. The van der Waals surface area contributed by atoms with Crippen LogP contribution in [0.2, 0.25) is 0 Å². The van der Waals surface area contributed by atoms with Crippen LogP contribution in [-0.2, 0) is 16.1 Å². The zero-order valence-electron chi connectivity index (χ0n) is 17.0. The van der Waals surface area contributed by atoms with Crippen molar-refractivity contribution >= 4 is 34.7 Å². The molecule has 3 aromatic rings. The molecule has 1 saturated heterocycles. The lowest BCUT2D eigenvalue weighted by molar-refractivity contribution is -0.130. The van der Waals surface area contributed by atoms with E-state index in [2.05, 4.69) is 5.32 Å². The van der Waals surface area contributed by atoms with Gasteiger partial charge in [-0.3, -0.25) is 19.8 Å². The molecule has 4 amide bonds. The molecule has 7 nitrogen and oxygen atoms in total. The molecule has 1 aliphatic rings. The van der Waals surface area contributed by atoms with Crippen LogP contribution in [-0.4, -0.2) is 37.0 Å². The summed E-state index contributed by atoms with van der Waals surface area (Å²) in [6, 6.07) is 17.5. The van der Waals surface area contributed by atoms with E-state index in [-0.39, 0.29) is 12.1 Å². The van der Waals surface area contributed by atoms with Gasteiger partial charge in [-0.2, -0.15) is 0 Å². The monoisotopic (exact) mass is 416 g/mol. The zero-order chi connectivity index (χ0) is 22.0. The van der Waals surface area contributed by atoms with Crippen molar-refractivity contribution < 1.29 is 23.9 Å². The average Bonchev–Trinajstić information content (AvgIpc) is 2.79. The lowest BCUT2D eigenvalue weighted by Gasteiger charge is -2.26. The Bertz CT molecular complexity index is 1210. The number of imide groups is 2. The summed E-state index contributed by atoms with van der Waals surface area (Å²) in [6.45, 7) is 0.0522. The third-order valence-corrected chi connectivity index (χ3v) is 5.11. The summed E-state index contributed by atoms with van der Waals surface area (Å²) in [5.41, 5.74) is 1.17. The van der Waals surface area contributed by atoms with Crippen LogP contribution in [0.3, 0.4) is 0 Å². The molecule has 0 unspecified atom stereocenters. The van der Waals surface area contributed by atoms with E-state index in [1.807, 2.05) is 42.5 Å². The first kappa shape index (κ1) is 20.2. The number of hydrogen-bond acceptors (Lipinski definition) is 5. The van der Waals surface area contributed by atoms with Gasteiger partial charge in [0.2, 0.25) is 0 Å². The van der Waals surface area contributed by atoms with Gasteiger partial charge in [-0.05, 0) is 40.6 Å². The van der Waals surface area contributed by atoms with Gasteiger partial charge in [-0.25, -0.2) is 4.79 Å². The molecule has 0 spiro atoms. The summed E-state index contributed by atoms with van der Waals surface area (Å²) in [5.74, 6) is -0.304. The van der Waals surface area contributed by atoms with Crippen molar-refractivity contribution in [1.29, 1.82) is 0 Å². The molecule has 0 bridgehead atoms. The standard InChI is InChI=1S/C24H20N2O5/c1-30-17-10-8-16-9-11-21(31-2)19(18(16)12-17)13-20-22(27)25-24(29)26(23(20)28)14-15-6-4-3-5-7-15/h3-13H,14H2,1-2H3,(H,25,27,29)/b20-13+. The van der Waals surface area contributed by atoms with E-state index in [4.69, 9.17) is 9.47 Å². The predicted octanol–water partition coefficient (Wildman–Crippen LogP) is 3.52. The van der Waals surface area contributed by atoms with Gasteiger partial charge in [0, 0.05) is 5.56 Å². The van der Waals surface area contributed by atoms with Gasteiger partial charge in [0.05, 0.1) is 20.8 Å². The predicted molar refractivity (Wildman–Crippen MR) is 116 cm³/mol. The Morgan fingerprint density at radius 2 is 1.68 bits per heavy atom. The molecule has 0 radical (unpaired) electrons. The second-order valence-corrected chi connectivity index (χ2v) is 6.96. The number of methoxy groups -OCH3 is 2. The minimum atomic E-state index is -0.749. The van der Waals surface area contributed by atoms with Gasteiger partial charge >= 0.3 is 6.03 Å². The smallest absolute Gasteiger partial charge is 0.331 e. The highest BCUT2D eigenvalue weighted by atomic mass is 16.5. The molecule has 1 N–H and O–H groups in total. The molecule has 4 rings (SSSR count). The molecule has 0 aliphatic carbocycles. The normalized spacial score (nSPS) is 15.4. The third-order valence-electron chi connectivity index (χ3n) is 5.11. The Morgan fingerprint density at radius 1 is 0.935 bits per heavy atom. The van der Waals surface area contributed by atoms with Crippen LogP contribution in [0.5, 0.6) is 11.5 Å². The third kappa shape index (κ3) is 3.85. The number of carbonyl (C=O) groups excluding carboxylic acids is 3. The Balaban J connectivity index is 1.81. The van der Waals surface area contributed by atoms with Crippen LogP contribution in [0.4, 0.5) is 4.79 Å². The Morgan fingerprint density at radius 3 is 2.39 bits per heavy atom. The number of benzene rings is 3. The Kier molecular flexibility index (Phi) is 5.41. The van der Waals surface area contributed by atoms with Crippen LogP contribution >= 0.6 is 0 Å². The highest BCUT2D eigenvalue weighted by Crippen LogP contribution is 2.33. The van der Waals surface area contributed by atoms with Crippen LogP contribution in [0, 0.1) is 0 Å². The van der Waals surface area contributed by atoms with E-state index in [1.54, 1.807) is 25.3 Å². The van der Waals surface area contributed by atoms with E-state index in [0.717, 1.165) is 21.2 Å². The lowest BCUT2D eigenvalue weighted by Crippen LogP contribution is -2.53. The molecule has 7 heteroatoms. The van der Waals surface area contributed by atoms with Crippen molar-refractivity contribution in [3.05, 3.63) is 77.4 Å². The van der Waals surface area contributed by atoms with Crippen LogP contribution in [0.15, 0.2) is 66.2 Å². The average molecular weight is 416 g/mol. The molecular weight excluding hydrogens is 396 g/mol. The molecule has 156 valence electrons. The Hall–Kier alpha value is -4.13. The van der Waals surface area contributed by atoms with Crippen molar-refractivity contribution in [2.45, 2.75) is 6.54 Å². The number of nitrogens with one attached hydrogen (secondary N) is 1. The van der Waals surface area contributed by atoms with Crippen molar-refractivity contribution in [2.24, 2.45) is 0 Å². The van der Waals surface area contributed by atoms with Gasteiger partial charge in [-0.1, -0.05) is 42.5 Å². The highest BCUT2D eigenvalue weighted by Gasteiger charge is 2.36. The van der Waals surface area contributed by atoms with E-state index >= 15 is 0 Å². The molecular formula is C24H20N2O5. The van der Waals surface area contributed by atoms with Gasteiger partial charge in [0.25, 0.3) is 11.8 Å². The molecule has 1 aliphatic heterocycles. The highest BCUT2D eigenvalue weighted by molar-refractivity contribution is 6.31. The second-order valence-electron chi connectivity index (χ2n) is 6.96. The van der Waals surface area contributed by atoms with E-state index in [9.17, 15) is 14.4 Å². The summed E-state index contributed by atoms with van der Waals surface area (Å²) in [7, 11) is 3.07.